The van der Waals surface area contributed by atoms with E-state index in [1.54, 1.807) is 0 Å². The minimum Gasteiger partial charge on any atom is -0.326 e. The molecular weight excluding hydrogens is 160 g/mol. The highest BCUT2D eigenvalue weighted by Crippen LogP contribution is 2.03. The van der Waals surface area contributed by atoms with E-state index in [0.717, 1.165) is 13.0 Å². The first kappa shape index (κ1) is 12.9. The molecule has 0 aromatic carbocycles. The van der Waals surface area contributed by atoms with Gasteiger partial charge in [-0.2, -0.15) is 0 Å². The average Bonchev–Trinajstić information content (AvgIpc) is 1.98. The van der Waals surface area contributed by atoms with Crippen LogP contribution in [-0.4, -0.2) is 18.1 Å². The lowest BCUT2D eigenvalue weighted by molar-refractivity contribution is 0.420. The van der Waals surface area contributed by atoms with Crippen LogP contribution in [0.15, 0.2) is 0 Å². The van der Waals surface area contributed by atoms with Crippen molar-refractivity contribution in [1.82, 2.24) is 5.32 Å². The van der Waals surface area contributed by atoms with Crippen LogP contribution >= 0.6 is 0 Å². The molecular formula is C11H26N2. The second-order valence-corrected chi connectivity index (χ2v) is 4.74. The van der Waals surface area contributed by atoms with Crippen molar-refractivity contribution in [2.24, 2.45) is 5.73 Å². The molecule has 1 unspecified atom stereocenters. The summed E-state index contributed by atoms with van der Waals surface area (Å²) in [5.74, 6) is 0. The second-order valence-electron chi connectivity index (χ2n) is 4.74. The summed E-state index contributed by atoms with van der Waals surface area (Å²) < 4.78 is 0. The van der Waals surface area contributed by atoms with Gasteiger partial charge in [0.05, 0.1) is 0 Å². The van der Waals surface area contributed by atoms with Crippen molar-refractivity contribution >= 4 is 0 Å². The fraction of sp³-hybridized carbons (Fsp3) is 1.00. The lowest BCUT2D eigenvalue weighted by atomic mass is 10.0. The van der Waals surface area contributed by atoms with Gasteiger partial charge in [-0.15, -0.1) is 0 Å². The summed E-state index contributed by atoms with van der Waals surface area (Å²) in [6.45, 7) is 9.67. The second kappa shape index (κ2) is 6.39. The van der Waals surface area contributed by atoms with Gasteiger partial charge in [-0.25, -0.2) is 0 Å². The van der Waals surface area contributed by atoms with Gasteiger partial charge in [0.1, 0.15) is 0 Å². The first-order chi connectivity index (χ1) is 5.95. The molecule has 0 saturated heterocycles. The van der Waals surface area contributed by atoms with E-state index in [0.29, 0.717) is 6.04 Å². The van der Waals surface area contributed by atoms with Crippen LogP contribution in [0.5, 0.6) is 0 Å². The number of hydrogen-bond acceptors (Lipinski definition) is 2. The van der Waals surface area contributed by atoms with E-state index in [1.807, 2.05) is 0 Å². The molecule has 0 heterocycles. The van der Waals surface area contributed by atoms with Crippen molar-refractivity contribution in [2.45, 2.75) is 65.0 Å². The van der Waals surface area contributed by atoms with Crippen molar-refractivity contribution in [3.8, 4) is 0 Å². The predicted octanol–water partition coefficient (Wildman–Crippen LogP) is 2.28. The number of hydrogen-bond donors (Lipinski definition) is 2. The SMILES string of the molecule is CCCCC(C)NCCC(C)(C)N. The third-order valence-electron chi connectivity index (χ3n) is 2.25. The van der Waals surface area contributed by atoms with E-state index in [2.05, 4.69) is 33.0 Å². The van der Waals surface area contributed by atoms with E-state index in [1.165, 1.54) is 19.3 Å². The zero-order valence-electron chi connectivity index (χ0n) is 9.69. The van der Waals surface area contributed by atoms with Gasteiger partial charge >= 0.3 is 0 Å². The molecule has 2 heteroatoms. The van der Waals surface area contributed by atoms with Gasteiger partial charge in [-0.05, 0) is 40.2 Å². The van der Waals surface area contributed by atoms with Crippen LogP contribution in [0.3, 0.4) is 0 Å². The van der Waals surface area contributed by atoms with Crippen molar-refractivity contribution < 1.29 is 0 Å². The molecule has 2 nitrogen and oxygen atoms in total. The molecule has 3 N–H and O–H groups in total. The van der Waals surface area contributed by atoms with E-state index >= 15 is 0 Å². The topological polar surface area (TPSA) is 38.0 Å². The molecule has 80 valence electrons. The summed E-state index contributed by atoms with van der Waals surface area (Å²) in [7, 11) is 0. The summed E-state index contributed by atoms with van der Waals surface area (Å²) in [5, 5.41) is 3.49. The molecule has 0 aliphatic carbocycles. The highest BCUT2D eigenvalue weighted by Gasteiger charge is 2.10. The van der Waals surface area contributed by atoms with Gasteiger partial charge in [-0.3, -0.25) is 0 Å². The van der Waals surface area contributed by atoms with Gasteiger partial charge in [0.25, 0.3) is 0 Å². The average molecular weight is 186 g/mol. The fourth-order valence-electron chi connectivity index (χ4n) is 1.25. The lowest BCUT2D eigenvalue weighted by Crippen LogP contribution is -2.37. The third-order valence-corrected chi connectivity index (χ3v) is 2.25. The standard InChI is InChI=1S/C11H26N2/c1-5-6-7-10(2)13-9-8-11(3,4)12/h10,13H,5-9,12H2,1-4H3. The van der Waals surface area contributed by atoms with Crippen LogP contribution in [0.1, 0.15) is 53.4 Å². The maximum atomic E-state index is 5.88. The maximum absolute atomic E-state index is 5.88. The first-order valence-corrected chi connectivity index (χ1v) is 5.48. The molecule has 0 aliphatic rings. The van der Waals surface area contributed by atoms with Crippen molar-refractivity contribution in [3.63, 3.8) is 0 Å². The maximum Gasteiger partial charge on any atom is 0.0109 e. The minimum absolute atomic E-state index is 0.0303. The quantitative estimate of drug-likeness (QED) is 0.640. The number of nitrogens with one attached hydrogen (secondary N) is 1. The van der Waals surface area contributed by atoms with Crippen LogP contribution in [0.4, 0.5) is 0 Å². The van der Waals surface area contributed by atoms with Gasteiger partial charge in [-0.1, -0.05) is 19.8 Å². The molecule has 0 rings (SSSR count). The zero-order chi connectivity index (χ0) is 10.3. The molecule has 0 fully saturated rings. The van der Waals surface area contributed by atoms with Crippen molar-refractivity contribution in [2.75, 3.05) is 6.54 Å². The Morgan fingerprint density at radius 3 is 2.46 bits per heavy atom. The number of unbranched alkanes of at least 4 members (excludes halogenated alkanes) is 1. The largest absolute Gasteiger partial charge is 0.326 e. The molecule has 0 bridgehead atoms. The van der Waals surface area contributed by atoms with Crippen LogP contribution < -0.4 is 11.1 Å². The molecule has 0 saturated carbocycles. The van der Waals surface area contributed by atoms with Crippen molar-refractivity contribution in [3.05, 3.63) is 0 Å². The summed E-state index contributed by atoms with van der Waals surface area (Å²) in [6, 6.07) is 0.641. The van der Waals surface area contributed by atoms with E-state index in [4.69, 9.17) is 5.73 Å². The van der Waals surface area contributed by atoms with E-state index < -0.39 is 0 Å². The van der Waals surface area contributed by atoms with Crippen LogP contribution in [-0.2, 0) is 0 Å². The van der Waals surface area contributed by atoms with Crippen LogP contribution in [0.2, 0.25) is 0 Å². The first-order valence-electron chi connectivity index (χ1n) is 5.48. The third kappa shape index (κ3) is 9.84. The zero-order valence-corrected chi connectivity index (χ0v) is 9.69. The van der Waals surface area contributed by atoms with Gasteiger partial charge in [0, 0.05) is 11.6 Å². The fourth-order valence-corrected chi connectivity index (χ4v) is 1.25. The molecule has 0 aromatic rings. The number of nitrogens with two attached hydrogens (primary N) is 1. The van der Waals surface area contributed by atoms with Gasteiger partial charge in [0.15, 0.2) is 0 Å². The number of rotatable bonds is 7. The molecule has 1 atom stereocenters. The van der Waals surface area contributed by atoms with E-state index in [-0.39, 0.29) is 5.54 Å². The monoisotopic (exact) mass is 186 g/mol. The van der Waals surface area contributed by atoms with Crippen LogP contribution in [0.25, 0.3) is 0 Å². The lowest BCUT2D eigenvalue weighted by Gasteiger charge is -2.20. The Labute approximate surface area is 83.3 Å². The van der Waals surface area contributed by atoms with Gasteiger partial charge in [0.2, 0.25) is 0 Å². The normalized spacial score (nSPS) is 14.5. The Hall–Kier alpha value is -0.0800. The summed E-state index contributed by atoms with van der Waals surface area (Å²) in [4.78, 5) is 0. The highest BCUT2D eigenvalue weighted by atomic mass is 14.9. The smallest absolute Gasteiger partial charge is 0.0109 e. The molecule has 0 amide bonds. The Kier molecular flexibility index (Phi) is 6.35. The van der Waals surface area contributed by atoms with Crippen LogP contribution in [0, 0.1) is 0 Å². The molecule has 0 aromatic heterocycles. The van der Waals surface area contributed by atoms with Gasteiger partial charge < -0.3 is 11.1 Å². The Morgan fingerprint density at radius 1 is 1.38 bits per heavy atom. The predicted molar refractivity (Wildman–Crippen MR) is 59.9 cm³/mol. The molecule has 0 aliphatic heterocycles. The Balaban J connectivity index is 3.31. The molecule has 0 radical (unpaired) electrons. The highest BCUT2D eigenvalue weighted by molar-refractivity contribution is 4.73. The summed E-state index contributed by atoms with van der Waals surface area (Å²) in [5.41, 5.74) is 5.85. The summed E-state index contributed by atoms with van der Waals surface area (Å²) >= 11 is 0. The molecule has 0 spiro atoms. The molecule has 13 heavy (non-hydrogen) atoms. The van der Waals surface area contributed by atoms with Crippen molar-refractivity contribution in [1.29, 1.82) is 0 Å². The Bertz CT molecular complexity index is 116. The van der Waals surface area contributed by atoms with E-state index in [9.17, 15) is 0 Å². The Morgan fingerprint density at radius 2 is 2.00 bits per heavy atom. The minimum atomic E-state index is -0.0303. The summed E-state index contributed by atoms with van der Waals surface area (Å²) in [6.07, 6.45) is 4.93.